The number of hydrogen-bond donors (Lipinski definition) is 1. The van der Waals surface area contributed by atoms with Crippen LogP contribution in [0.1, 0.15) is 23.1 Å². The number of aryl methyl sites for hydroxylation is 1. The summed E-state index contributed by atoms with van der Waals surface area (Å²) in [6, 6.07) is 12.2. The number of benzene rings is 2. The van der Waals surface area contributed by atoms with Gasteiger partial charge < -0.3 is 5.73 Å². The molecular formula is C18H19F2N. The summed E-state index contributed by atoms with van der Waals surface area (Å²) in [4.78, 5) is 0. The molecule has 3 heteroatoms. The van der Waals surface area contributed by atoms with Crippen LogP contribution in [0.5, 0.6) is 0 Å². The molecule has 2 N–H and O–H groups in total. The second-order valence-corrected chi connectivity index (χ2v) is 6.06. The van der Waals surface area contributed by atoms with Crippen molar-refractivity contribution < 1.29 is 8.78 Å². The lowest BCUT2D eigenvalue weighted by atomic mass is 9.68. The first kappa shape index (κ1) is 14.2. The highest BCUT2D eigenvalue weighted by Gasteiger charge is 2.34. The largest absolute Gasteiger partial charge is 0.330 e. The summed E-state index contributed by atoms with van der Waals surface area (Å²) >= 11 is 0. The number of halogens is 2. The summed E-state index contributed by atoms with van der Waals surface area (Å²) in [6.45, 7) is 0.512. The molecule has 2 aromatic rings. The Hall–Kier alpha value is -1.74. The lowest BCUT2D eigenvalue weighted by molar-refractivity contribution is 0.251. The van der Waals surface area contributed by atoms with Crippen LogP contribution in [-0.2, 0) is 19.3 Å². The Bertz CT molecular complexity index is 653. The molecule has 0 heterocycles. The Morgan fingerprint density at radius 1 is 1.05 bits per heavy atom. The standard InChI is InChI=1S/C18H19F2N/c19-16-6-5-15(17(20)9-16)11-18(12-21)8-7-13-3-1-2-4-14(13)10-18/h1-6,9H,7-8,10-12,21H2. The van der Waals surface area contributed by atoms with Crippen molar-refractivity contribution in [1.82, 2.24) is 0 Å². The zero-order chi connectivity index (χ0) is 14.9. The van der Waals surface area contributed by atoms with E-state index in [1.165, 1.54) is 17.2 Å². The van der Waals surface area contributed by atoms with Crippen LogP contribution in [0.3, 0.4) is 0 Å². The van der Waals surface area contributed by atoms with E-state index in [1.54, 1.807) is 6.07 Å². The van der Waals surface area contributed by atoms with Crippen molar-refractivity contribution in [3.63, 3.8) is 0 Å². The van der Waals surface area contributed by atoms with Crippen LogP contribution in [0.25, 0.3) is 0 Å². The molecule has 1 atom stereocenters. The van der Waals surface area contributed by atoms with Crippen LogP contribution in [0.15, 0.2) is 42.5 Å². The molecule has 0 radical (unpaired) electrons. The third kappa shape index (κ3) is 2.84. The molecule has 21 heavy (non-hydrogen) atoms. The van der Waals surface area contributed by atoms with Gasteiger partial charge in [-0.2, -0.15) is 0 Å². The lowest BCUT2D eigenvalue weighted by Crippen LogP contribution is -2.38. The molecule has 0 aromatic heterocycles. The quantitative estimate of drug-likeness (QED) is 0.916. The van der Waals surface area contributed by atoms with Gasteiger partial charge >= 0.3 is 0 Å². The Morgan fingerprint density at radius 3 is 2.52 bits per heavy atom. The molecule has 1 unspecified atom stereocenters. The minimum atomic E-state index is -0.535. The van der Waals surface area contributed by atoms with Crippen molar-refractivity contribution in [2.45, 2.75) is 25.7 Å². The lowest BCUT2D eigenvalue weighted by Gasteiger charge is -2.37. The summed E-state index contributed by atoms with van der Waals surface area (Å²) in [5, 5.41) is 0. The molecule has 0 fully saturated rings. The van der Waals surface area contributed by atoms with Gasteiger partial charge in [0.2, 0.25) is 0 Å². The van der Waals surface area contributed by atoms with Crippen molar-refractivity contribution in [3.8, 4) is 0 Å². The maximum atomic E-state index is 13.9. The van der Waals surface area contributed by atoms with Gasteiger partial charge in [-0.1, -0.05) is 30.3 Å². The van der Waals surface area contributed by atoms with E-state index in [2.05, 4.69) is 12.1 Å². The van der Waals surface area contributed by atoms with Crippen LogP contribution in [0, 0.1) is 17.0 Å². The van der Waals surface area contributed by atoms with Gasteiger partial charge in [-0.25, -0.2) is 8.78 Å². The van der Waals surface area contributed by atoms with Gasteiger partial charge in [0.05, 0.1) is 0 Å². The summed E-state index contributed by atoms with van der Waals surface area (Å²) in [5.41, 5.74) is 9.12. The Morgan fingerprint density at radius 2 is 1.81 bits per heavy atom. The van der Waals surface area contributed by atoms with E-state index in [0.29, 0.717) is 18.5 Å². The first-order valence-corrected chi connectivity index (χ1v) is 7.33. The van der Waals surface area contributed by atoms with Crippen molar-refractivity contribution >= 4 is 0 Å². The first-order chi connectivity index (χ1) is 10.1. The average molecular weight is 287 g/mol. The normalized spacial score (nSPS) is 21.1. The van der Waals surface area contributed by atoms with Crippen LogP contribution in [-0.4, -0.2) is 6.54 Å². The molecule has 0 amide bonds. The van der Waals surface area contributed by atoms with Crippen molar-refractivity contribution in [2.75, 3.05) is 6.54 Å². The fourth-order valence-corrected chi connectivity index (χ4v) is 3.33. The van der Waals surface area contributed by atoms with E-state index in [1.807, 2.05) is 12.1 Å². The zero-order valence-electron chi connectivity index (χ0n) is 11.9. The zero-order valence-corrected chi connectivity index (χ0v) is 11.9. The average Bonchev–Trinajstić information content (AvgIpc) is 2.50. The van der Waals surface area contributed by atoms with Gasteiger partial charge in [0.25, 0.3) is 0 Å². The SMILES string of the molecule is NCC1(Cc2ccc(F)cc2F)CCc2ccccc2C1. The molecular weight excluding hydrogens is 268 g/mol. The number of fused-ring (bicyclic) bond motifs is 1. The maximum Gasteiger partial charge on any atom is 0.129 e. The molecule has 0 saturated heterocycles. The topological polar surface area (TPSA) is 26.0 Å². The minimum Gasteiger partial charge on any atom is -0.330 e. The molecule has 1 aliphatic rings. The molecule has 1 aliphatic carbocycles. The Balaban J connectivity index is 1.88. The van der Waals surface area contributed by atoms with E-state index < -0.39 is 11.6 Å². The summed E-state index contributed by atoms with van der Waals surface area (Å²) in [5.74, 6) is -1.01. The smallest absolute Gasteiger partial charge is 0.129 e. The predicted molar refractivity (Wildman–Crippen MR) is 80.0 cm³/mol. The highest BCUT2D eigenvalue weighted by Crippen LogP contribution is 2.38. The maximum absolute atomic E-state index is 13.9. The highest BCUT2D eigenvalue weighted by atomic mass is 19.1. The van der Waals surface area contributed by atoms with Gasteiger partial charge in [0.15, 0.2) is 0 Å². The molecule has 0 bridgehead atoms. The van der Waals surface area contributed by atoms with Gasteiger partial charge in [-0.05, 0) is 60.4 Å². The number of nitrogens with two attached hydrogens (primary N) is 1. The fraction of sp³-hybridized carbons (Fsp3) is 0.333. The molecule has 0 saturated carbocycles. The Labute approximate surface area is 123 Å². The van der Waals surface area contributed by atoms with E-state index in [0.717, 1.165) is 25.3 Å². The van der Waals surface area contributed by atoms with E-state index in [4.69, 9.17) is 5.73 Å². The second kappa shape index (κ2) is 5.57. The van der Waals surface area contributed by atoms with Gasteiger partial charge in [0, 0.05) is 6.07 Å². The molecule has 3 rings (SSSR count). The fourth-order valence-electron chi connectivity index (χ4n) is 3.33. The van der Waals surface area contributed by atoms with Crippen molar-refractivity contribution in [1.29, 1.82) is 0 Å². The van der Waals surface area contributed by atoms with Crippen LogP contribution in [0.2, 0.25) is 0 Å². The van der Waals surface area contributed by atoms with E-state index >= 15 is 0 Å². The number of rotatable bonds is 3. The summed E-state index contributed by atoms with van der Waals surface area (Å²) in [7, 11) is 0. The third-order valence-electron chi connectivity index (χ3n) is 4.62. The van der Waals surface area contributed by atoms with Crippen LogP contribution >= 0.6 is 0 Å². The molecule has 1 nitrogen and oxygen atoms in total. The van der Waals surface area contributed by atoms with E-state index in [9.17, 15) is 8.78 Å². The minimum absolute atomic E-state index is 0.132. The van der Waals surface area contributed by atoms with Gasteiger partial charge in [-0.15, -0.1) is 0 Å². The van der Waals surface area contributed by atoms with Crippen LogP contribution in [0.4, 0.5) is 8.78 Å². The molecule has 0 spiro atoms. The van der Waals surface area contributed by atoms with Gasteiger partial charge in [0.1, 0.15) is 11.6 Å². The summed E-state index contributed by atoms with van der Waals surface area (Å²) < 4.78 is 27.0. The molecule has 0 aliphatic heterocycles. The monoisotopic (exact) mass is 287 g/mol. The van der Waals surface area contributed by atoms with E-state index in [-0.39, 0.29) is 5.41 Å². The highest BCUT2D eigenvalue weighted by molar-refractivity contribution is 5.32. The van der Waals surface area contributed by atoms with Crippen molar-refractivity contribution in [2.24, 2.45) is 11.1 Å². The first-order valence-electron chi connectivity index (χ1n) is 7.33. The predicted octanol–water partition coefficient (Wildman–Crippen LogP) is 3.64. The summed E-state index contributed by atoms with van der Waals surface area (Å²) in [6.07, 6.45) is 3.33. The third-order valence-corrected chi connectivity index (χ3v) is 4.62. The second-order valence-electron chi connectivity index (χ2n) is 6.06. The van der Waals surface area contributed by atoms with Crippen molar-refractivity contribution in [3.05, 3.63) is 70.8 Å². The molecule has 110 valence electrons. The molecule has 2 aromatic carbocycles. The van der Waals surface area contributed by atoms with Gasteiger partial charge in [-0.3, -0.25) is 0 Å². The van der Waals surface area contributed by atoms with Crippen LogP contribution < -0.4 is 5.73 Å². The number of hydrogen-bond acceptors (Lipinski definition) is 1. The Kier molecular flexibility index (Phi) is 3.77.